The molecule has 6 N–H and O–H groups in total. The number of aliphatic hydroxyl groups is 3. The summed E-state index contributed by atoms with van der Waals surface area (Å²) < 4.78 is 16.1. The second-order valence-corrected chi connectivity index (χ2v) is 13.4. The van der Waals surface area contributed by atoms with Gasteiger partial charge >= 0.3 is 0 Å². The molecule has 4 aliphatic rings. The smallest absolute Gasteiger partial charge is 0.255 e. The molecule has 1 fully saturated rings. The van der Waals surface area contributed by atoms with Crippen LogP contribution in [0, 0.1) is 23.1 Å². The van der Waals surface area contributed by atoms with Crippen LogP contribution in [0.3, 0.4) is 0 Å². The fourth-order valence-corrected chi connectivity index (χ4v) is 7.05. The number of hydrogen-bond acceptors (Lipinski definition) is 9. The van der Waals surface area contributed by atoms with Crippen molar-refractivity contribution in [1.82, 2.24) is 9.80 Å². The van der Waals surface area contributed by atoms with Gasteiger partial charge < -0.3 is 26.2 Å². The Labute approximate surface area is 237 Å². The van der Waals surface area contributed by atoms with Gasteiger partial charge in [-0.05, 0) is 57.2 Å². The van der Waals surface area contributed by atoms with Crippen molar-refractivity contribution in [2.75, 3.05) is 20.6 Å². The van der Waals surface area contributed by atoms with Crippen LogP contribution < -0.4 is 5.73 Å². The van der Waals surface area contributed by atoms with Gasteiger partial charge in [0.1, 0.15) is 28.7 Å². The summed E-state index contributed by atoms with van der Waals surface area (Å²) in [4.78, 5) is 42.9. The van der Waals surface area contributed by atoms with Crippen LogP contribution >= 0.6 is 0 Å². The molecule has 0 radical (unpaired) electrons. The molecule has 1 saturated carbocycles. The molecule has 222 valence electrons. The van der Waals surface area contributed by atoms with Crippen molar-refractivity contribution in [1.29, 1.82) is 0 Å². The molecule has 0 saturated heterocycles. The van der Waals surface area contributed by atoms with Crippen molar-refractivity contribution in [2.45, 2.75) is 70.7 Å². The van der Waals surface area contributed by atoms with E-state index in [9.17, 15) is 34.8 Å². The largest absolute Gasteiger partial charge is 0.510 e. The molecule has 11 heteroatoms. The standard InChI is InChI=1S/C30H38FN3O7/c1-29(2,3)12-34(15-6-7-15)11-14-10-18(35)20-16(22(14)31)8-13-9-17-23(33(4)5)25(37)21(28(32)40)27(39)30(17,41)26(38)19(13)24(20)36/h10,13,15,17,23,35,37-38,41H,6-9,11-12H2,1-5H3,(H2,32,40)/t13-,17-,23-,30-/m0/s1. The normalized spacial score (nSPS) is 28.3. The molecule has 0 aliphatic heterocycles. The molecule has 1 amide bonds. The van der Waals surface area contributed by atoms with Gasteiger partial charge in [0.05, 0.1) is 11.6 Å². The van der Waals surface area contributed by atoms with Crippen molar-refractivity contribution < 1.29 is 39.2 Å². The minimum absolute atomic E-state index is 0.0182. The van der Waals surface area contributed by atoms with E-state index in [-0.39, 0.29) is 47.1 Å². The molecule has 1 aromatic rings. The van der Waals surface area contributed by atoms with Crippen molar-refractivity contribution in [2.24, 2.45) is 23.0 Å². The summed E-state index contributed by atoms with van der Waals surface area (Å²) in [5, 5.41) is 44.9. The number of nitrogens with zero attached hydrogens (tertiary/aromatic N) is 2. The van der Waals surface area contributed by atoms with Gasteiger partial charge in [0.2, 0.25) is 5.78 Å². The second kappa shape index (κ2) is 9.64. The maximum atomic E-state index is 16.1. The maximum Gasteiger partial charge on any atom is 0.255 e. The third kappa shape index (κ3) is 4.54. The molecular formula is C30H38FN3O7. The van der Waals surface area contributed by atoms with Crippen LogP contribution in [0.2, 0.25) is 0 Å². The summed E-state index contributed by atoms with van der Waals surface area (Å²) in [6, 6.07) is 0.464. The zero-order chi connectivity index (χ0) is 30.3. The van der Waals surface area contributed by atoms with E-state index >= 15 is 4.39 Å². The van der Waals surface area contributed by atoms with Crippen molar-refractivity contribution in [3.8, 4) is 5.75 Å². The number of amides is 1. The first kappa shape index (κ1) is 29.2. The lowest BCUT2D eigenvalue weighted by molar-refractivity contribution is -0.148. The van der Waals surface area contributed by atoms with Crippen LogP contribution in [0.25, 0.3) is 0 Å². The van der Waals surface area contributed by atoms with Gasteiger partial charge in [-0.2, -0.15) is 0 Å². The maximum absolute atomic E-state index is 16.1. The average molecular weight is 572 g/mol. The molecule has 0 bridgehead atoms. The Balaban J connectivity index is 1.60. The average Bonchev–Trinajstić information content (AvgIpc) is 3.68. The molecule has 4 atom stereocenters. The molecular weight excluding hydrogens is 533 g/mol. The summed E-state index contributed by atoms with van der Waals surface area (Å²) in [5.41, 5.74) is 1.38. The van der Waals surface area contributed by atoms with E-state index in [0.29, 0.717) is 6.04 Å². The number of halogens is 1. The highest BCUT2D eigenvalue weighted by molar-refractivity contribution is 6.24. The fraction of sp³-hybridized carbons (Fsp3) is 0.567. The number of carbonyl (C=O) groups excluding carboxylic acids is 3. The molecule has 5 rings (SSSR count). The zero-order valence-electron chi connectivity index (χ0n) is 24.0. The minimum Gasteiger partial charge on any atom is -0.510 e. The Hall–Kier alpha value is -3.28. The highest BCUT2D eigenvalue weighted by atomic mass is 19.1. The molecule has 0 unspecified atom stereocenters. The SMILES string of the molecule is CN(C)[C@@H]1C(O)=C(C(N)=O)C(=O)[C@@]2(O)C(O)=C3C(=O)c4c(O)cc(CN(CC(C)(C)C)C5CC5)c(F)c4C[C@H]3C[C@@H]12. The molecule has 0 spiro atoms. The number of allylic oxidation sites excluding steroid dienone is 1. The first-order chi connectivity index (χ1) is 19.0. The van der Waals surface area contributed by atoms with E-state index in [1.54, 1.807) is 14.1 Å². The van der Waals surface area contributed by atoms with Crippen LogP contribution in [0.4, 0.5) is 4.39 Å². The molecule has 41 heavy (non-hydrogen) atoms. The fourth-order valence-electron chi connectivity index (χ4n) is 7.05. The number of likely N-dealkylation sites (N-methyl/N-ethyl adjacent to an activating group) is 1. The summed E-state index contributed by atoms with van der Waals surface area (Å²) in [6.45, 7) is 7.28. The lowest BCUT2D eigenvalue weighted by atomic mass is 9.58. The second-order valence-electron chi connectivity index (χ2n) is 13.4. The van der Waals surface area contributed by atoms with Gasteiger partial charge in [-0.3, -0.25) is 24.2 Å². The predicted molar refractivity (Wildman–Crippen MR) is 147 cm³/mol. The van der Waals surface area contributed by atoms with Crippen LogP contribution in [0.5, 0.6) is 5.75 Å². The number of ketones is 2. The minimum atomic E-state index is -2.73. The molecule has 4 aliphatic carbocycles. The number of fused-ring (bicyclic) bond motifs is 3. The Bertz CT molecular complexity index is 1420. The molecule has 0 heterocycles. The van der Waals surface area contributed by atoms with Crippen LogP contribution in [0.1, 0.15) is 61.5 Å². The lowest BCUT2D eigenvalue weighted by Gasteiger charge is -2.50. The van der Waals surface area contributed by atoms with Gasteiger partial charge in [0.15, 0.2) is 11.4 Å². The Morgan fingerprint density at radius 1 is 1.17 bits per heavy atom. The Morgan fingerprint density at radius 2 is 1.80 bits per heavy atom. The van der Waals surface area contributed by atoms with Crippen molar-refractivity contribution in [3.05, 3.63) is 51.2 Å². The van der Waals surface area contributed by atoms with E-state index in [1.807, 2.05) is 0 Å². The number of aliphatic hydroxyl groups excluding tert-OH is 2. The van der Waals surface area contributed by atoms with Gasteiger partial charge in [0, 0.05) is 41.7 Å². The molecule has 0 aromatic heterocycles. The van der Waals surface area contributed by atoms with E-state index in [2.05, 4.69) is 25.7 Å². The summed E-state index contributed by atoms with van der Waals surface area (Å²) in [5.74, 6) is -8.14. The Kier molecular flexibility index (Phi) is 6.87. The number of hydrogen-bond donors (Lipinski definition) is 5. The number of carbonyl (C=O) groups is 3. The number of phenols is 1. The first-order valence-corrected chi connectivity index (χ1v) is 13.9. The van der Waals surface area contributed by atoms with Gasteiger partial charge in [-0.1, -0.05) is 20.8 Å². The third-order valence-corrected chi connectivity index (χ3v) is 8.84. The molecule has 10 nitrogen and oxygen atoms in total. The quantitative estimate of drug-likeness (QED) is 0.322. The number of primary amides is 1. The van der Waals surface area contributed by atoms with E-state index in [1.165, 1.54) is 11.0 Å². The van der Waals surface area contributed by atoms with Gasteiger partial charge in [-0.15, -0.1) is 0 Å². The number of aromatic hydroxyl groups is 1. The highest BCUT2D eigenvalue weighted by Crippen LogP contribution is 2.52. The van der Waals surface area contributed by atoms with Gasteiger partial charge in [0.25, 0.3) is 5.91 Å². The summed E-state index contributed by atoms with van der Waals surface area (Å²) in [7, 11) is 3.11. The number of Topliss-reactive ketones (excluding diaryl/α,β-unsaturated/α-hetero) is 2. The summed E-state index contributed by atoms with van der Waals surface area (Å²) in [6.07, 6.45) is 1.85. The molecule has 1 aromatic carbocycles. The van der Waals surface area contributed by atoms with E-state index in [0.717, 1.165) is 19.4 Å². The number of nitrogens with two attached hydrogens (primary N) is 1. The number of rotatable bonds is 6. The lowest BCUT2D eigenvalue weighted by Crippen LogP contribution is -2.63. The van der Waals surface area contributed by atoms with Crippen LogP contribution in [-0.4, -0.2) is 86.0 Å². The Morgan fingerprint density at radius 3 is 2.34 bits per heavy atom. The topological polar surface area (TPSA) is 165 Å². The van der Waals surface area contributed by atoms with Gasteiger partial charge in [-0.25, -0.2) is 4.39 Å². The highest BCUT2D eigenvalue weighted by Gasteiger charge is 2.63. The number of benzene rings is 1. The van der Waals surface area contributed by atoms with E-state index < -0.39 is 69.6 Å². The predicted octanol–water partition coefficient (Wildman–Crippen LogP) is 2.27. The number of phenolic OH excluding ortho intramolecular Hbond substituents is 1. The summed E-state index contributed by atoms with van der Waals surface area (Å²) >= 11 is 0. The van der Waals surface area contributed by atoms with E-state index in [4.69, 9.17) is 5.73 Å². The van der Waals surface area contributed by atoms with Crippen LogP contribution in [-0.2, 0) is 22.6 Å². The van der Waals surface area contributed by atoms with Crippen LogP contribution in [0.15, 0.2) is 28.7 Å². The third-order valence-electron chi connectivity index (χ3n) is 8.84. The zero-order valence-corrected chi connectivity index (χ0v) is 24.0. The first-order valence-electron chi connectivity index (χ1n) is 13.9. The van der Waals surface area contributed by atoms with Crippen molar-refractivity contribution in [3.63, 3.8) is 0 Å². The van der Waals surface area contributed by atoms with Crippen molar-refractivity contribution >= 4 is 17.5 Å². The monoisotopic (exact) mass is 571 g/mol.